The molecule has 5 heteroatoms. The summed E-state index contributed by atoms with van der Waals surface area (Å²) in [6.07, 6.45) is -0.874. The van der Waals surface area contributed by atoms with Gasteiger partial charge < -0.3 is 20.1 Å². The molecule has 3 N–H and O–H groups in total. The third-order valence-corrected chi connectivity index (χ3v) is 2.39. The van der Waals surface area contributed by atoms with Crippen molar-refractivity contribution in [1.29, 1.82) is 0 Å². The zero-order chi connectivity index (χ0) is 12.8. The van der Waals surface area contributed by atoms with Gasteiger partial charge in [0.15, 0.2) is 0 Å². The molecule has 0 heterocycles. The third kappa shape index (κ3) is 4.47. The van der Waals surface area contributed by atoms with E-state index in [0.29, 0.717) is 25.7 Å². The molecule has 0 fully saturated rings. The van der Waals surface area contributed by atoms with Gasteiger partial charge in [0.05, 0.1) is 0 Å². The van der Waals surface area contributed by atoms with Gasteiger partial charge in [0.2, 0.25) is 6.29 Å². The van der Waals surface area contributed by atoms with Gasteiger partial charge in [0.25, 0.3) is 0 Å². The molecule has 16 heavy (non-hydrogen) atoms. The van der Waals surface area contributed by atoms with Crippen molar-refractivity contribution >= 4 is 5.97 Å². The van der Waals surface area contributed by atoms with Crippen LogP contribution in [-0.4, -0.2) is 39.3 Å². The average molecular weight is 234 g/mol. The quantitative estimate of drug-likeness (QED) is 0.442. The highest BCUT2D eigenvalue weighted by molar-refractivity contribution is 5.73. The Kier molecular flexibility index (Phi) is 6.55. The lowest BCUT2D eigenvalue weighted by molar-refractivity contribution is -0.224. The van der Waals surface area contributed by atoms with Crippen molar-refractivity contribution in [2.45, 2.75) is 64.4 Å². The van der Waals surface area contributed by atoms with Crippen LogP contribution in [0.4, 0.5) is 0 Å². The second kappa shape index (κ2) is 6.83. The fourth-order valence-electron chi connectivity index (χ4n) is 1.56. The summed E-state index contributed by atoms with van der Waals surface area (Å²) >= 11 is 0. The molecule has 0 aliphatic rings. The number of rotatable bonds is 7. The van der Waals surface area contributed by atoms with Crippen molar-refractivity contribution in [3.63, 3.8) is 0 Å². The summed E-state index contributed by atoms with van der Waals surface area (Å²) in [4.78, 5) is 11.1. The Morgan fingerprint density at radius 3 is 2.00 bits per heavy atom. The maximum atomic E-state index is 11.1. The number of hydrogen-bond acceptors (Lipinski definition) is 5. The molecule has 0 aromatic rings. The van der Waals surface area contributed by atoms with Gasteiger partial charge in [-0.1, -0.05) is 26.7 Å². The average Bonchev–Trinajstić information content (AvgIpc) is 2.18. The van der Waals surface area contributed by atoms with Crippen molar-refractivity contribution in [3.05, 3.63) is 0 Å². The van der Waals surface area contributed by atoms with E-state index in [1.807, 2.05) is 13.8 Å². The summed E-state index contributed by atoms with van der Waals surface area (Å²) in [6.45, 7) is 4.97. The third-order valence-electron chi connectivity index (χ3n) is 2.39. The van der Waals surface area contributed by atoms with E-state index in [1.54, 1.807) is 0 Å². The zero-order valence-electron chi connectivity index (χ0n) is 10.1. The summed E-state index contributed by atoms with van der Waals surface area (Å²) < 4.78 is 4.60. The minimum absolute atomic E-state index is 0.342. The number of hydrogen-bond donors (Lipinski definition) is 3. The molecule has 2 unspecified atom stereocenters. The van der Waals surface area contributed by atoms with Crippen molar-refractivity contribution in [3.8, 4) is 0 Å². The molecule has 0 saturated carbocycles. The molecule has 0 amide bonds. The zero-order valence-corrected chi connectivity index (χ0v) is 10.1. The van der Waals surface area contributed by atoms with E-state index in [4.69, 9.17) is 5.11 Å². The summed E-state index contributed by atoms with van der Waals surface area (Å²) in [6, 6.07) is 0. The monoisotopic (exact) mass is 234 g/mol. The number of carbonyl (C=O) groups excluding carboxylic acids is 1. The van der Waals surface area contributed by atoms with E-state index < -0.39 is 24.0 Å². The molecule has 0 aromatic carbocycles. The van der Waals surface area contributed by atoms with Crippen LogP contribution < -0.4 is 0 Å². The second-order valence-corrected chi connectivity index (χ2v) is 4.07. The fraction of sp³-hybridized carbons (Fsp3) is 0.909. The van der Waals surface area contributed by atoms with Crippen molar-refractivity contribution < 1.29 is 24.9 Å². The number of esters is 1. The highest BCUT2D eigenvalue weighted by Crippen LogP contribution is 2.24. The Morgan fingerprint density at radius 2 is 1.69 bits per heavy atom. The largest absolute Gasteiger partial charge is 0.431 e. The van der Waals surface area contributed by atoms with E-state index >= 15 is 0 Å². The van der Waals surface area contributed by atoms with Crippen LogP contribution in [0, 0.1) is 0 Å². The molecule has 0 radical (unpaired) electrons. The molecule has 0 bridgehead atoms. The topological polar surface area (TPSA) is 87.0 Å². The number of ether oxygens (including phenoxy) is 1. The van der Waals surface area contributed by atoms with Gasteiger partial charge in [0, 0.05) is 0 Å². The summed E-state index contributed by atoms with van der Waals surface area (Å²) in [5.74, 6) is -0.932. The highest BCUT2D eigenvalue weighted by atomic mass is 16.7. The maximum absolute atomic E-state index is 11.1. The molecule has 0 rings (SSSR count). The van der Waals surface area contributed by atoms with Gasteiger partial charge in [-0.2, -0.15) is 0 Å². The van der Waals surface area contributed by atoms with Crippen LogP contribution in [0.2, 0.25) is 0 Å². The second-order valence-electron chi connectivity index (χ2n) is 4.07. The first-order chi connectivity index (χ1) is 7.37. The fourth-order valence-corrected chi connectivity index (χ4v) is 1.56. The molecule has 5 nitrogen and oxygen atoms in total. The van der Waals surface area contributed by atoms with Crippen LogP contribution in [0.15, 0.2) is 0 Å². The normalized spacial score (nSPS) is 15.6. The smallest absolute Gasteiger partial charge is 0.337 e. The predicted molar refractivity (Wildman–Crippen MR) is 58.5 cm³/mol. The standard InChI is InChI=1S/C11H22O5/c1-4-6-11(15,7-5-2)10(14)16-9(13)8(3)12/h8,10,12,14-15H,4-7H2,1-3H3. The molecule has 0 aliphatic carbocycles. The molecule has 0 aromatic heterocycles. The van der Waals surface area contributed by atoms with Crippen LogP contribution in [0.5, 0.6) is 0 Å². The van der Waals surface area contributed by atoms with Gasteiger partial charge in [0.1, 0.15) is 11.7 Å². The van der Waals surface area contributed by atoms with Crippen LogP contribution in [0.3, 0.4) is 0 Å². The summed E-state index contributed by atoms with van der Waals surface area (Å²) in [7, 11) is 0. The van der Waals surface area contributed by atoms with Crippen LogP contribution in [-0.2, 0) is 9.53 Å². The van der Waals surface area contributed by atoms with E-state index in [2.05, 4.69) is 4.74 Å². The Bertz CT molecular complexity index is 208. The van der Waals surface area contributed by atoms with Gasteiger partial charge in [-0.15, -0.1) is 0 Å². The van der Waals surface area contributed by atoms with Gasteiger partial charge >= 0.3 is 5.97 Å². The molecular weight excluding hydrogens is 212 g/mol. The number of aliphatic hydroxyl groups excluding tert-OH is 2. The lowest BCUT2D eigenvalue weighted by Crippen LogP contribution is -2.46. The van der Waals surface area contributed by atoms with Gasteiger partial charge in [-0.3, -0.25) is 0 Å². The molecule has 96 valence electrons. The number of aliphatic hydroxyl groups is 3. The summed E-state index contributed by atoms with van der Waals surface area (Å²) in [5.41, 5.74) is -1.42. The SMILES string of the molecule is CCCC(O)(CCC)C(O)OC(=O)C(C)O. The Hall–Kier alpha value is -0.650. The molecule has 2 atom stereocenters. The molecule has 0 spiro atoms. The van der Waals surface area contributed by atoms with Crippen LogP contribution in [0.1, 0.15) is 46.5 Å². The van der Waals surface area contributed by atoms with E-state index in [0.717, 1.165) is 0 Å². The summed E-state index contributed by atoms with van der Waals surface area (Å²) in [5, 5.41) is 28.7. The van der Waals surface area contributed by atoms with Gasteiger partial charge in [-0.05, 0) is 19.8 Å². The molecular formula is C11H22O5. The first-order valence-corrected chi connectivity index (χ1v) is 5.66. The lowest BCUT2D eigenvalue weighted by Gasteiger charge is -2.32. The molecule has 0 aliphatic heterocycles. The van der Waals surface area contributed by atoms with Crippen molar-refractivity contribution in [2.75, 3.05) is 0 Å². The maximum Gasteiger partial charge on any atom is 0.337 e. The Labute approximate surface area is 96.0 Å². The predicted octanol–water partition coefficient (Wildman–Crippen LogP) is 0.560. The minimum Gasteiger partial charge on any atom is -0.431 e. The van der Waals surface area contributed by atoms with E-state index in [1.165, 1.54) is 6.92 Å². The first-order valence-electron chi connectivity index (χ1n) is 5.66. The Morgan fingerprint density at radius 1 is 1.25 bits per heavy atom. The van der Waals surface area contributed by atoms with Crippen LogP contribution in [0.25, 0.3) is 0 Å². The number of carbonyl (C=O) groups is 1. The van der Waals surface area contributed by atoms with E-state index in [-0.39, 0.29) is 0 Å². The Balaban J connectivity index is 4.48. The van der Waals surface area contributed by atoms with Crippen LogP contribution >= 0.6 is 0 Å². The molecule has 0 saturated heterocycles. The van der Waals surface area contributed by atoms with Gasteiger partial charge in [-0.25, -0.2) is 4.79 Å². The van der Waals surface area contributed by atoms with Crippen molar-refractivity contribution in [2.24, 2.45) is 0 Å². The lowest BCUT2D eigenvalue weighted by atomic mass is 9.92. The van der Waals surface area contributed by atoms with E-state index in [9.17, 15) is 15.0 Å². The van der Waals surface area contributed by atoms with Crippen molar-refractivity contribution in [1.82, 2.24) is 0 Å². The first kappa shape index (κ1) is 15.3. The minimum atomic E-state index is -1.59. The highest BCUT2D eigenvalue weighted by Gasteiger charge is 2.37.